The molecule has 0 saturated carbocycles. The first-order chi connectivity index (χ1) is 10.1. The maximum absolute atomic E-state index is 13.2. The largest absolute Gasteiger partial charge is 0.274 e. The summed E-state index contributed by atoms with van der Waals surface area (Å²) >= 11 is 0. The molecule has 21 heavy (non-hydrogen) atoms. The second-order valence-electron chi connectivity index (χ2n) is 5.14. The van der Waals surface area contributed by atoms with Crippen molar-refractivity contribution in [3.05, 3.63) is 66.0 Å². The molecule has 1 unspecified atom stereocenters. The molecule has 1 saturated heterocycles. The summed E-state index contributed by atoms with van der Waals surface area (Å²) in [4.78, 5) is 25.7. The topological polar surface area (TPSA) is 37.4 Å². The molecule has 2 aromatic carbocycles. The lowest BCUT2D eigenvalue weighted by molar-refractivity contribution is -0.122. The summed E-state index contributed by atoms with van der Waals surface area (Å²) in [5.41, 5.74) is 1.32. The maximum Gasteiger partial charge on any atom is 0.237 e. The lowest BCUT2D eigenvalue weighted by atomic mass is 9.98. The van der Waals surface area contributed by atoms with Crippen molar-refractivity contribution >= 4 is 17.5 Å². The number of nitrogens with zero attached hydrogens (tertiary/aromatic N) is 1. The highest BCUT2D eigenvalue weighted by Crippen LogP contribution is 2.28. The van der Waals surface area contributed by atoms with Gasteiger partial charge in [-0.1, -0.05) is 30.3 Å². The fourth-order valence-electron chi connectivity index (χ4n) is 2.65. The zero-order chi connectivity index (χ0) is 14.8. The Bertz CT molecular complexity index is 684. The van der Waals surface area contributed by atoms with Gasteiger partial charge in [0.2, 0.25) is 11.8 Å². The van der Waals surface area contributed by atoms with Crippen LogP contribution in [0.15, 0.2) is 54.6 Å². The van der Waals surface area contributed by atoms with Crippen molar-refractivity contribution in [3.63, 3.8) is 0 Å². The summed E-state index contributed by atoms with van der Waals surface area (Å²) in [6.07, 6.45) is 0.551. The number of halogens is 1. The molecule has 3 nitrogen and oxygen atoms in total. The quantitative estimate of drug-likeness (QED) is 0.812. The van der Waals surface area contributed by atoms with E-state index in [4.69, 9.17) is 0 Å². The number of benzene rings is 2. The molecule has 0 aliphatic carbocycles. The molecule has 1 heterocycles. The van der Waals surface area contributed by atoms with E-state index in [0.29, 0.717) is 12.1 Å². The van der Waals surface area contributed by atoms with Crippen molar-refractivity contribution in [2.24, 2.45) is 5.92 Å². The number of carbonyl (C=O) groups is 2. The average Bonchev–Trinajstić information content (AvgIpc) is 2.74. The molecular formula is C17H14FNO2. The molecule has 0 bridgehead atoms. The van der Waals surface area contributed by atoms with E-state index in [-0.39, 0.29) is 24.1 Å². The average molecular weight is 283 g/mol. The van der Waals surface area contributed by atoms with E-state index in [1.54, 1.807) is 36.4 Å². The summed E-state index contributed by atoms with van der Waals surface area (Å²) in [5.74, 6) is -1.16. The number of carbonyl (C=O) groups excluding carboxylic acids is 2. The van der Waals surface area contributed by atoms with Crippen LogP contribution in [0.5, 0.6) is 0 Å². The molecule has 1 atom stereocenters. The van der Waals surface area contributed by atoms with Crippen molar-refractivity contribution in [2.45, 2.75) is 12.8 Å². The van der Waals surface area contributed by atoms with Gasteiger partial charge in [0, 0.05) is 6.42 Å². The summed E-state index contributed by atoms with van der Waals surface area (Å²) in [5, 5.41) is 0. The van der Waals surface area contributed by atoms with Gasteiger partial charge >= 0.3 is 0 Å². The predicted octanol–water partition coefficient (Wildman–Crippen LogP) is 2.95. The van der Waals surface area contributed by atoms with Gasteiger partial charge in [-0.3, -0.25) is 14.5 Å². The van der Waals surface area contributed by atoms with Gasteiger partial charge < -0.3 is 0 Å². The van der Waals surface area contributed by atoms with Gasteiger partial charge in [-0.2, -0.15) is 0 Å². The van der Waals surface area contributed by atoms with E-state index in [0.717, 1.165) is 5.56 Å². The molecule has 1 aliphatic rings. The van der Waals surface area contributed by atoms with Crippen LogP contribution in [0.25, 0.3) is 0 Å². The lowest BCUT2D eigenvalue weighted by Crippen LogP contribution is -2.30. The van der Waals surface area contributed by atoms with Gasteiger partial charge in [0.25, 0.3) is 0 Å². The van der Waals surface area contributed by atoms with E-state index in [1.165, 1.54) is 17.0 Å². The molecule has 2 amide bonds. The van der Waals surface area contributed by atoms with Gasteiger partial charge in [0.15, 0.2) is 0 Å². The van der Waals surface area contributed by atoms with Gasteiger partial charge in [-0.25, -0.2) is 4.39 Å². The van der Waals surface area contributed by atoms with Crippen LogP contribution in [0.4, 0.5) is 10.1 Å². The first kappa shape index (κ1) is 13.5. The minimum Gasteiger partial charge on any atom is -0.274 e. The monoisotopic (exact) mass is 283 g/mol. The number of imide groups is 1. The summed E-state index contributed by atoms with van der Waals surface area (Å²) in [6.45, 7) is 0. The molecule has 2 aromatic rings. The Morgan fingerprint density at radius 3 is 2.52 bits per heavy atom. The number of para-hydroxylation sites is 1. The molecule has 0 aromatic heterocycles. The highest BCUT2D eigenvalue weighted by Gasteiger charge is 2.39. The standard InChI is InChI=1S/C17H14FNO2/c18-14-6-4-5-12(10-14)9-13-11-16(20)19(17(13)21)15-7-2-1-3-8-15/h1-8,10,13H,9,11H2. The summed E-state index contributed by atoms with van der Waals surface area (Å²) < 4.78 is 13.2. The Morgan fingerprint density at radius 2 is 1.81 bits per heavy atom. The first-order valence-corrected chi connectivity index (χ1v) is 6.81. The number of hydrogen-bond donors (Lipinski definition) is 0. The fourth-order valence-corrected chi connectivity index (χ4v) is 2.65. The number of amides is 2. The van der Waals surface area contributed by atoms with Crippen LogP contribution in [0.2, 0.25) is 0 Å². The highest BCUT2D eigenvalue weighted by atomic mass is 19.1. The van der Waals surface area contributed by atoms with Crippen LogP contribution in [-0.2, 0) is 16.0 Å². The Labute approximate surface area is 122 Å². The summed E-state index contributed by atoms with van der Waals surface area (Å²) in [7, 11) is 0. The minimum atomic E-state index is -0.417. The molecule has 1 fully saturated rings. The summed E-state index contributed by atoms with van der Waals surface area (Å²) in [6, 6.07) is 15.0. The maximum atomic E-state index is 13.2. The molecule has 0 N–H and O–H groups in total. The van der Waals surface area contributed by atoms with E-state index in [2.05, 4.69) is 0 Å². The molecule has 0 spiro atoms. The zero-order valence-electron chi connectivity index (χ0n) is 11.3. The molecular weight excluding hydrogens is 269 g/mol. The van der Waals surface area contributed by atoms with E-state index < -0.39 is 5.92 Å². The lowest BCUT2D eigenvalue weighted by Gasteiger charge is -2.14. The van der Waals surface area contributed by atoms with Crippen molar-refractivity contribution < 1.29 is 14.0 Å². The van der Waals surface area contributed by atoms with E-state index >= 15 is 0 Å². The number of rotatable bonds is 3. The Hall–Kier alpha value is -2.49. The van der Waals surface area contributed by atoms with Gasteiger partial charge in [0.1, 0.15) is 5.82 Å². The van der Waals surface area contributed by atoms with Crippen LogP contribution in [0.3, 0.4) is 0 Å². The predicted molar refractivity (Wildman–Crippen MR) is 77.1 cm³/mol. The SMILES string of the molecule is O=C1CC(Cc2cccc(F)c2)C(=O)N1c1ccccc1. The highest BCUT2D eigenvalue weighted by molar-refractivity contribution is 6.20. The molecule has 4 heteroatoms. The van der Waals surface area contributed by atoms with E-state index in [1.807, 2.05) is 6.07 Å². The van der Waals surface area contributed by atoms with Gasteiger partial charge in [-0.15, -0.1) is 0 Å². The number of hydrogen-bond acceptors (Lipinski definition) is 2. The van der Waals surface area contributed by atoms with Gasteiger partial charge in [-0.05, 0) is 36.2 Å². The molecule has 106 valence electrons. The fraction of sp³-hybridized carbons (Fsp3) is 0.176. The third-order valence-electron chi connectivity index (χ3n) is 3.63. The van der Waals surface area contributed by atoms with Crippen molar-refractivity contribution in [1.82, 2.24) is 0 Å². The van der Waals surface area contributed by atoms with Crippen LogP contribution in [0, 0.1) is 11.7 Å². The zero-order valence-corrected chi connectivity index (χ0v) is 11.3. The Balaban J connectivity index is 1.81. The minimum absolute atomic E-state index is 0.171. The third-order valence-corrected chi connectivity index (χ3v) is 3.63. The molecule has 1 aliphatic heterocycles. The van der Waals surface area contributed by atoms with Crippen LogP contribution in [0.1, 0.15) is 12.0 Å². The van der Waals surface area contributed by atoms with Crippen molar-refractivity contribution in [3.8, 4) is 0 Å². The second kappa shape index (κ2) is 5.48. The van der Waals surface area contributed by atoms with Crippen molar-refractivity contribution in [2.75, 3.05) is 4.90 Å². The van der Waals surface area contributed by atoms with Gasteiger partial charge in [0.05, 0.1) is 11.6 Å². The Morgan fingerprint density at radius 1 is 1.05 bits per heavy atom. The number of anilines is 1. The Kier molecular flexibility index (Phi) is 3.52. The molecule has 3 rings (SSSR count). The molecule has 0 radical (unpaired) electrons. The smallest absolute Gasteiger partial charge is 0.237 e. The van der Waals surface area contributed by atoms with E-state index in [9.17, 15) is 14.0 Å². The second-order valence-corrected chi connectivity index (χ2v) is 5.14. The first-order valence-electron chi connectivity index (χ1n) is 6.81. The van der Waals surface area contributed by atoms with Crippen molar-refractivity contribution in [1.29, 1.82) is 0 Å². The third kappa shape index (κ3) is 2.70. The normalized spacial score (nSPS) is 18.3. The van der Waals surface area contributed by atoms with Crippen LogP contribution in [-0.4, -0.2) is 11.8 Å². The van der Waals surface area contributed by atoms with Crippen LogP contribution < -0.4 is 4.90 Å². The van der Waals surface area contributed by atoms with Crippen LogP contribution >= 0.6 is 0 Å².